The molecule has 0 bridgehead atoms. The molecule has 1 aromatic carbocycles. The number of hydrogen-bond donors (Lipinski definition) is 1. The molecule has 1 aromatic rings. The smallest absolute Gasteiger partial charge is 0.123 e. The van der Waals surface area contributed by atoms with Crippen LogP contribution < -0.4 is 10.1 Å². The van der Waals surface area contributed by atoms with E-state index >= 15 is 0 Å². The Bertz CT molecular complexity index is 379. The summed E-state index contributed by atoms with van der Waals surface area (Å²) in [5.41, 5.74) is 1.15. The average molecular weight is 298 g/mol. The van der Waals surface area contributed by atoms with Gasteiger partial charge in [0, 0.05) is 17.1 Å². The summed E-state index contributed by atoms with van der Waals surface area (Å²) in [6.07, 6.45) is 4.90. The van der Waals surface area contributed by atoms with Gasteiger partial charge in [-0.05, 0) is 37.1 Å². The van der Waals surface area contributed by atoms with Crippen LogP contribution in [-0.2, 0) is 6.54 Å². The van der Waals surface area contributed by atoms with Crippen LogP contribution in [-0.4, -0.2) is 13.2 Å². The van der Waals surface area contributed by atoms with E-state index in [1.807, 2.05) is 18.2 Å². The van der Waals surface area contributed by atoms with Gasteiger partial charge in [0.15, 0.2) is 0 Å². The molecule has 0 saturated carbocycles. The quantitative estimate of drug-likeness (QED) is 0.611. The van der Waals surface area contributed by atoms with Gasteiger partial charge in [0.25, 0.3) is 0 Å². The zero-order valence-electron chi connectivity index (χ0n) is 13.0. The van der Waals surface area contributed by atoms with Crippen molar-refractivity contribution < 1.29 is 4.74 Å². The van der Waals surface area contributed by atoms with E-state index in [1.165, 1.54) is 19.3 Å². The van der Waals surface area contributed by atoms with Crippen LogP contribution in [0, 0.1) is 5.92 Å². The summed E-state index contributed by atoms with van der Waals surface area (Å²) in [6, 6.07) is 5.87. The average Bonchev–Trinajstić information content (AvgIpc) is 2.40. The molecule has 114 valence electrons. The van der Waals surface area contributed by atoms with Crippen molar-refractivity contribution >= 4 is 11.6 Å². The first-order chi connectivity index (χ1) is 9.63. The lowest BCUT2D eigenvalue weighted by atomic mass is 10.1. The molecule has 0 amide bonds. The third-order valence-electron chi connectivity index (χ3n) is 3.15. The molecule has 2 nitrogen and oxygen atoms in total. The Kier molecular flexibility index (Phi) is 8.72. The van der Waals surface area contributed by atoms with Crippen LogP contribution in [0.15, 0.2) is 18.2 Å². The molecule has 0 radical (unpaired) electrons. The minimum atomic E-state index is 0.646. The molecule has 0 spiro atoms. The number of halogens is 1. The van der Waals surface area contributed by atoms with Crippen LogP contribution in [0.2, 0.25) is 5.02 Å². The van der Waals surface area contributed by atoms with Crippen LogP contribution in [0.4, 0.5) is 0 Å². The van der Waals surface area contributed by atoms with Crippen molar-refractivity contribution in [2.24, 2.45) is 5.92 Å². The van der Waals surface area contributed by atoms with E-state index in [0.717, 1.165) is 42.5 Å². The fourth-order valence-corrected chi connectivity index (χ4v) is 2.23. The molecule has 0 aliphatic carbocycles. The van der Waals surface area contributed by atoms with Gasteiger partial charge in [-0.1, -0.05) is 51.6 Å². The van der Waals surface area contributed by atoms with Gasteiger partial charge in [0.2, 0.25) is 0 Å². The molecule has 0 fully saturated rings. The monoisotopic (exact) mass is 297 g/mol. The van der Waals surface area contributed by atoms with E-state index in [9.17, 15) is 0 Å². The Morgan fingerprint density at radius 1 is 1.20 bits per heavy atom. The summed E-state index contributed by atoms with van der Waals surface area (Å²) < 4.78 is 5.90. The number of rotatable bonds is 10. The first-order valence-electron chi connectivity index (χ1n) is 7.75. The SMILES string of the molecule is CCCCCCOc1ccc(Cl)cc1CNCC(C)C. The summed E-state index contributed by atoms with van der Waals surface area (Å²) in [7, 11) is 0. The molecule has 3 heteroatoms. The maximum absolute atomic E-state index is 6.08. The highest BCUT2D eigenvalue weighted by Gasteiger charge is 2.05. The number of ether oxygens (including phenoxy) is 1. The minimum absolute atomic E-state index is 0.646. The van der Waals surface area contributed by atoms with Gasteiger partial charge in [-0.2, -0.15) is 0 Å². The lowest BCUT2D eigenvalue weighted by Gasteiger charge is -2.13. The Labute approximate surface area is 128 Å². The van der Waals surface area contributed by atoms with Crippen LogP contribution in [0.25, 0.3) is 0 Å². The van der Waals surface area contributed by atoms with Crippen molar-refractivity contribution in [2.75, 3.05) is 13.2 Å². The summed E-state index contributed by atoms with van der Waals surface area (Å²) >= 11 is 6.08. The molecule has 1 rings (SSSR count). The summed E-state index contributed by atoms with van der Waals surface area (Å²) in [5.74, 6) is 1.61. The lowest BCUT2D eigenvalue weighted by Crippen LogP contribution is -2.19. The van der Waals surface area contributed by atoms with Gasteiger partial charge >= 0.3 is 0 Å². The maximum Gasteiger partial charge on any atom is 0.123 e. The van der Waals surface area contributed by atoms with Gasteiger partial charge in [0.05, 0.1) is 6.61 Å². The zero-order chi connectivity index (χ0) is 14.8. The topological polar surface area (TPSA) is 21.3 Å². The normalized spacial score (nSPS) is 11.1. The molecule has 20 heavy (non-hydrogen) atoms. The van der Waals surface area contributed by atoms with Crippen molar-refractivity contribution in [2.45, 2.75) is 53.0 Å². The first kappa shape index (κ1) is 17.3. The molecule has 0 atom stereocenters. The third kappa shape index (κ3) is 7.16. The molecule has 0 aliphatic heterocycles. The Hall–Kier alpha value is -0.730. The predicted octanol–water partition coefficient (Wildman–Crippen LogP) is 5.04. The van der Waals surface area contributed by atoms with Gasteiger partial charge in [-0.3, -0.25) is 0 Å². The molecule has 0 aromatic heterocycles. The third-order valence-corrected chi connectivity index (χ3v) is 3.38. The lowest BCUT2D eigenvalue weighted by molar-refractivity contribution is 0.301. The van der Waals surface area contributed by atoms with Gasteiger partial charge in [-0.25, -0.2) is 0 Å². The van der Waals surface area contributed by atoms with E-state index in [-0.39, 0.29) is 0 Å². The van der Waals surface area contributed by atoms with Gasteiger partial charge in [0.1, 0.15) is 5.75 Å². The van der Waals surface area contributed by atoms with E-state index in [0.29, 0.717) is 5.92 Å². The van der Waals surface area contributed by atoms with E-state index in [2.05, 4.69) is 26.1 Å². The van der Waals surface area contributed by atoms with Crippen LogP contribution in [0.1, 0.15) is 52.0 Å². The zero-order valence-corrected chi connectivity index (χ0v) is 13.8. The number of unbranched alkanes of at least 4 members (excludes halogenated alkanes) is 3. The number of benzene rings is 1. The fourth-order valence-electron chi connectivity index (χ4n) is 2.03. The largest absolute Gasteiger partial charge is 0.493 e. The van der Waals surface area contributed by atoms with E-state index < -0.39 is 0 Å². The fraction of sp³-hybridized carbons (Fsp3) is 0.647. The van der Waals surface area contributed by atoms with Crippen LogP contribution >= 0.6 is 11.6 Å². The van der Waals surface area contributed by atoms with Crippen molar-refractivity contribution in [3.63, 3.8) is 0 Å². The summed E-state index contributed by atoms with van der Waals surface area (Å²) in [6.45, 7) is 9.23. The molecule has 0 saturated heterocycles. The standard InChI is InChI=1S/C17H28ClNO/c1-4-5-6-7-10-20-17-9-8-16(18)11-15(17)13-19-12-14(2)3/h8-9,11,14,19H,4-7,10,12-13H2,1-3H3. The van der Waals surface area contributed by atoms with Crippen LogP contribution in [0.3, 0.4) is 0 Å². The number of nitrogens with one attached hydrogen (secondary N) is 1. The Balaban J connectivity index is 2.47. The van der Waals surface area contributed by atoms with Crippen molar-refractivity contribution in [3.05, 3.63) is 28.8 Å². The second-order valence-electron chi connectivity index (χ2n) is 5.69. The maximum atomic E-state index is 6.08. The predicted molar refractivity (Wildman–Crippen MR) is 87.6 cm³/mol. The van der Waals surface area contributed by atoms with Gasteiger partial charge < -0.3 is 10.1 Å². The van der Waals surface area contributed by atoms with Crippen molar-refractivity contribution in [3.8, 4) is 5.75 Å². The second-order valence-corrected chi connectivity index (χ2v) is 6.12. The summed E-state index contributed by atoms with van der Waals surface area (Å²) in [4.78, 5) is 0. The first-order valence-corrected chi connectivity index (χ1v) is 8.13. The molecule has 0 heterocycles. The van der Waals surface area contributed by atoms with E-state index in [1.54, 1.807) is 0 Å². The molecule has 0 unspecified atom stereocenters. The molecule has 0 aliphatic rings. The second kappa shape index (κ2) is 10.1. The molecular weight excluding hydrogens is 270 g/mol. The summed E-state index contributed by atoms with van der Waals surface area (Å²) in [5, 5.41) is 4.21. The molecule has 1 N–H and O–H groups in total. The van der Waals surface area contributed by atoms with Crippen LogP contribution in [0.5, 0.6) is 5.75 Å². The van der Waals surface area contributed by atoms with Gasteiger partial charge in [-0.15, -0.1) is 0 Å². The van der Waals surface area contributed by atoms with Crippen molar-refractivity contribution in [1.82, 2.24) is 5.32 Å². The Morgan fingerprint density at radius 2 is 2.00 bits per heavy atom. The highest BCUT2D eigenvalue weighted by Crippen LogP contribution is 2.23. The minimum Gasteiger partial charge on any atom is -0.493 e. The number of hydrogen-bond acceptors (Lipinski definition) is 2. The Morgan fingerprint density at radius 3 is 2.70 bits per heavy atom. The highest BCUT2D eigenvalue weighted by molar-refractivity contribution is 6.30. The molecular formula is C17H28ClNO. The van der Waals surface area contributed by atoms with E-state index in [4.69, 9.17) is 16.3 Å². The highest BCUT2D eigenvalue weighted by atomic mass is 35.5. The van der Waals surface area contributed by atoms with Crippen molar-refractivity contribution in [1.29, 1.82) is 0 Å².